The lowest BCUT2D eigenvalue weighted by Gasteiger charge is -2.29. The number of aliphatic hydroxyl groups is 1. The lowest BCUT2D eigenvalue weighted by Crippen LogP contribution is -2.36. The number of ether oxygens (including phenoxy) is 1. The minimum atomic E-state index is -0.632. The Balaban J connectivity index is 1.94. The number of pyridine rings is 1. The molecule has 0 saturated carbocycles. The number of nitrogens with one attached hydrogen (secondary N) is 1. The van der Waals surface area contributed by atoms with Crippen LogP contribution in [0.5, 0.6) is 0 Å². The Kier molecular flexibility index (Phi) is 5.75. The van der Waals surface area contributed by atoms with Crippen molar-refractivity contribution < 1.29 is 14.6 Å². The van der Waals surface area contributed by atoms with Crippen molar-refractivity contribution in [3.8, 4) is 11.4 Å². The van der Waals surface area contributed by atoms with Crippen LogP contribution in [0.4, 0.5) is 5.82 Å². The molecule has 0 radical (unpaired) electrons. The molecule has 8 nitrogen and oxygen atoms in total. The van der Waals surface area contributed by atoms with E-state index in [0.29, 0.717) is 37.7 Å². The van der Waals surface area contributed by atoms with E-state index in [0.717, 1.165) is 16.8 Å². The highest BCUT2D eigenvalue weighted by Gasteiger charge is 2.24. The Morgan fingerprint density at radius 1 is 1.38 bits per heavy atom. The van der Waals surface area contributed by atoms with Gasteiger partial charge in [0.25, 0.3) is 0 Å². The number of anilines is 1. The van der Waals surface area contributed by atoms with Gasteiger partial charge in [-0.05, 0) is 18.6 Å². The first-order valence-corrected chi connectivity index (χ1v) is 8.55. The molecule has 1 unspecified atom stereocenters. The van der Waals surface area contributed by atoms with Gasteiger partial charge < -0.3 is 20.1 Å². The van der Waals surface area contributed by atoms with Gasteiger partial charge in [-0.2, -0.15) is 0 Å². The third kappa shape index (κ3) is 4.14. The predicted octanol–water partition coefficient (Wildman–Crippen LogP) is 0.862. The Morgan fingerprint density at radius 2 is 2.15 bits per heavy atom. The Bertz CT molecular complexity index is 769. The highest BCUT2D eigenvalue weighted by Crippen LogP contribution is 2.27. The molecule has 3 rings (SSSR count). The Hall–Kier alpha value is -2.58. The van der Waals surface area contributed by atoms with Gasteiger partial charge in [0.1, 0.15) is 5.82 Å². The molecule has 0 saturated heterocycles. The summed E-state index contributed by atoms with van der Waals surface area (Å²) in [6.45, 7) is 3.23. The molecule has 0 fully saturated rings. The highest BCUT2D eigenvalue weighted by atomic mass is 16.5. The predicted molar refractivity (Wildman–Crippen MR) is 96.4 cm³/mol. The molecule has 138 valence electrons. The molecule has 1 aliphatic rings. The van der Waals surface area contributed by atoms with Crippen molar-refractivity contribution >= 4 is 11.7 Å². The van der Waals surface area contributed by atoms with Crippen LogP contribution in [0, 0.1) is 0 Å². The monoisotopic (exact) mass is 357 g/mol. The number of methoxy groups -OCH3 is 1. The van der Waals surface area contributed by atoms with Crippen LogP contribution in [-0.2, 0) is 22.5 Å². The van der Waals surface area contributed by atoms with Crippen LogP contribution in [0.2, 0.25) is 0 Å². The summed E-state index contributed by atoms with van der Waals surface area (Å²) in [5.41, 5.74) is 2.67. The number of aromatic nitrogens is 3. The molecule has 0 aliphatic carbocycles. The number of aliphatic hydroxyl groups excluding tert-OH is 1. The maximum Gasteiger partial charge on any atom is 0.219 e. The zero-order chi connectivity index (χ0) is 18.5. The zero-order valence-electron chi connectivity index (χ0n) is 15.0. The second kappa shape index (κ2) is 8.20. The van der Waals surface area contributed by atoms with Gasteiger partial charge in [-0.25, -0.2) is 9.97 Å². The molecular formula is C18H23N5O3. The van der Waals surface area contributed by atoms with Gasteiger partial charge in [0, 0.05) is 50.6 Å². The molecule has 2 aromatic heterocycles. The normalized spacial score (nSPS) is 14.7. The number of rotatable bonds is 6. The molecule has 0 spiro atoms. The van der Waals surface area contributed by atoms with E-state index in [1.54, 1.807) is 31.3 Å². The third-order valence-electron chi connectivity index (χ3n) is 4.31. The number of hydrogen-bond donors (Lipinski definition) is 2. The van der Waals surface area contributed by atoms with Gasteiger partial charge >= 0.3 is 0 Å². The van der Waals surface area contributed by atoms with E-state index in [1.807, 2.05) is 12.1 Å². The van der Waals surface area contributed by atoms with E-state index in [4.69, 9.17) is 4.74 Å². The maximum atomic E-state index is 11.7. The summed E-state index contributed by atoms with van der Waals surface area (Å²) in [5.74, 6) is 1.30. The van der Waals surface area contributed by atoms with Gasteiger partial charge in [0.15, 0.2) is 5.82 Å². The van der Waals surface area contributed by atoms with Gasteiger partial charge in [-0.15, -0.1) is 0 Å². The standard InChI is InChI=1S/C18H23N5O3/c1-12(24)23-8-5-15-16(10-23)21-17(13-3-6-19-7-4-13)22-18(15)20-9-14(25)11-26-2/h3-4,6-7,14,25H,5,8-11H2,1-2H3,(H,20,21,22). The number of fused-ring (bicyclic) bond motifs is 1. The van der Waals surface area contributed by atoms with Crippen molar-refractivity contribution in [1.29, 1.82) is 0 Å². The van der Waals surface area contributed by atoms with Crippen molar-refractivity contribution in [2.75, 3.05) is 32.1 Å². The molecule has 0 bridgehead atoms. The van der Waals surface area contributed by atoms with E-state index < -0.39 is 6.10 Å². The van der Waals surface area contributed by atoms with E-state index in [2.05, 4.69) is 20.3 Å². The lowest BCUT2D eigenvalue weighted by molar-refractivity contribution is -0.129. The van der Waals surface area contributed by atoms with Crippen LogP contribution >= 0.6 is 0 Å². The topological polar surface area (TPSA) is 100 Å². The molecule has 1 aliphatic heterocycles. The fraction of sp³-hybridized carbons (Fsp3) is 0.444. The molecule has 26 heavy (non-hydrogen) atoms. The molecule has 2 aromatic rings. The average molecular weight is 357 g/mol. The summed E-state index contributed by atoms with van der Waals surface area (Å²) < 4.78 is 4.96. The number of nitrogens with zero attached hydrogens (tertiary/aromatic N) is 4. The first-order valence-electron chi connectivity index (χ1n) is 8.55. The van der Waals surface area contributed by atoms with Crippen LogP contribution in [0.25, 0.3) is 11.4 Å². The summed E-state index contributed by atoms with van der Waals surface area (Å²) >= 11 is 0. The van der Waals surface area contributed by atoms with E-state index in [9.17, 15) is 9.90 Å². The maximum absolute atomic E-state index is 11.7. The first-order chi connectivity index (χ1) is 12.6. The number of hydrogen-bond acceptors (Lipinski definition) is 7. The Labute approximate surface area is 152 Å². The number of carbonyl (C=O) groups is 1. The molecule has 1 amide bonds. The minimum absolute atomic E-state index is 0.0322. The molecular weight excluding hydrogens is 334 g/mol. The molecule has 1 atom stereocenters. The molecule has 2 N–H and O–H groups in total. The SMILES string of the molecule is COCC(O)CNc1nc(-c2ccncc2)nc2c1CCN(C(C)=O)C2. The van der Waals surface area contributed by atoms with Crippen LogP contribution in [0.15, 0.2) is 24.5 Å². The zero-order valence-corrected chi connectivity index (χ0v) is 15.0. The molecule has 3 heterocycles. The van der Waals surface area contributed by atoms with Gasteiger partial charge in [-0.3, -0.25) is 9.78 Å². The van der Waals surface area contributed by atoms with Crippen molar-refractivity contribution in [1.82, 2.24) is 19.9 Å². The van der Waals surface area contributed by atoms with Crippen molar-refractivity contribution in [2.24, 2.45) is 0 Å². The third-order valence-corrected chi connectivity index (χ3v) is 4.31. The lowest BCUT2D eigenvalue weighted by atomic mass is 10.0. The molecule has 0 aromatic carbocycles. The summed E-state index contributed by atoms with van der Waals surface area (Å²) in [6.07, 6.45) is 3.42. The summed E-state index contributed by atoms with van der Waals surface area (Å²) in [7, 11) is 1.55. The minimum Gasteiger partial charge on any atom is -0.389 e. The summed E-state index contributed by atoms with van der Waals surface area (Å²) in [4.78, 5) is 26.9. The van der Waals surface area contributed by atoms with Gasteiger partial charge in [-0.1, -0.05) is 0 Å². The van der Waals surface area contributed by atoms with E-state index >= 15 is 0 Å². The van der Waals surface area contributed by atoms with Crippen molar-refractivity contribution in [3.05, 3.63) is 35.8 Å². The number of carbonyl (C=O) groups excluding carboxylic acids is 1. The second-order valence-electron chi connectivity index (χ2n) is 6.24. The fourth-order valence-electron chi connectivity index (χ4n) is 2.94. The highest BCUT2D eigenvalue weighted by molar-refractivity contribution is 5.74. The van der Waals surface area contributed by atoms with Crippen LogP contribution in [0.3, 0.4) is 0 Å². The smallest absolute Gasteiger partial charge is 0.219 e. The van der Waals surface area contributed by atoms with Gasteiger partial charge in [0.2, 0.25) is 5.91 Å². The quantitative estimate of drug-likeness (QED) is 0.791. The first kappa shape index (κ1) is 18.2. The van der Waals surface area contributed by atoms with Crippen molar-refractivity contribution in [2.45, 2.75) is 26.0 Å². The largest absolute Gasteiger partial charge is 0.389 e. The van der Waals surface area contributed by atoms with Crippen LogP contribution in [-0.4, -0.2) is 63.8 Å². The fourth-order valence-corrected chi connectivity index (χ4v) is 2.94. The molecule has 8 heteroatoms. The van der Waals surface area contributed by atoms with Crippen LogP contribution in [0.1, 0.15) is 18.2 Å². The number of amides is 1. The summed E-state index contributed by atoms with van der Waals surface area (Å²) in [5, 5.41) is 13.1. The van der Waals surface area contributed by atoms with E-state index in [-0.39, 0.29) is 12.5 Å². The second-order valence-corrected chi connectivity index (χ2v) is 6.24. The van der Waals surface area contributed by atoms with Crippen molar-refractivity contribution in [3.63, 3.8) is 0 Å². The summed E-state index contributed by atoms with van der Waals surface area (Å²) in [6, 6.07) is 3.69. The Morgan fingerprint density at radius 3 is 2.85 bits per heavy atom. The van der Waals surface area contributed by atoms with Crippen LogP contribution < -0.4 is 5.32 Å². The van der Waals surface area contributed by atoms with Gasteiger partial charge in [0.05, 0.1) is 24.9 Å². The van der Waals surface area contributed by atoms with E-state index in [1.165, 1.54) is 0 Å². The average Bonchev–Trinajstić information content (AvgIpc) is 2.66.